The van der Waals surface area contributed by atoms with Crippen LogP contribution in [0.3, 0.4) is 0 Å². The number of aliphatic carboxylic acids is 1. The van der Waals surface area contributed by atoms with Gasteiger partial charge >= 0.3 is 5.97 Å². The fraction of sp³-hybridized carbons (Fsp3) is 0.286. The molecule has 0 aliphatic rings. The standard InChI is InChI=1S/C21H22N2O5/c1-2-27-18-7-3-15(4-8-18)11-17(21(25)26)13-23-20(24)14-28-19-9-5-16(12-22)6-10-19/h3-10,17H,2,11,13-14H2,1H3,(H,23,24)(H,25,26). The number of carbonyl (C=O) groups excluding carboxylic acids is 1. The lowest BCUT2D eigenvalue weighted by Crippen LogP contribution is -2.36. The maximum absolute atomic E-state index is 11.9. The van der Waals surface area contributed by atoms with E-state index in [-0.39, 0.29) is 13.2 Å². The second-order valence-electron chi connectivity index (χ2n) is 6.05. The average molecular weight is 382 g/mol. The summed E-state index contributed by atoms with van der Waals surface area (Å²) in [5.74, 6) is -0.967. The van der Waals surface area contributed by atoms with Gasteiger partial charge in [-0.1, -0.05) is 12.1 Å². The number of nitrogens with zero attached hydrogens (tertiary/aromatic N) is 1. The molecule has 0 spiro atoms. The van der Waals surface area contributed by atoms with E-state index >= 15 is 0 Å². The number of nitrogens with one attached hydrogen (secondary N) is 1. The van der Waals surface area contributed by atoms with Gasteiger partial charge in [-0.2, -0.15) is 5.26 Å². The van der Waals surface area contributed by atoms with Crippen LogP contribution in [0.1, 0.15) is 18.1 Å². The molecule has 28 heavy (non-hydrogen) atoms. The first-order valence-corrected chi connectivity index (χ1v) is 8.86. The van der Waals surface area contributed by atoms with Gasteiger partial charge in [0.05, 0.1) is 24.2 Å². The molecule has 0 radical (unpaired) electrons. The number of benzene rings is 2. The Morgan fingerprint density at radius 1 is 1.07 bits per heavy atom. The van der Waals surface area contributed by atoms with Crippen LogP contribution in [0.2, 0.25) is 0 Å². The summed E-state index contributed by atoms with van der Waals surface area (Å²) in [7, 11) is 0. The van der Waals surface area contributed by atoms with Gasteiger partial charge in [0.1, 0.15) is 11.5 Å². The van der Waals surface area contributed by atoms with Gasteiger partial charge < -0.3 is 19.9 Å². The van der Waals surface area contributed by atoms with E-state index in [2.05, 4.69) is 5.32 Å². The van der Waals surface area contributed by atoms with Crippen LogP contribution in [-0.2, 0) is 16.0 Å². The summed E-state index contributed by atoms with van der Waals surface area (Å²) in [6, 6.07) is 15.6. The summed E-state index contributed by atoms with van der Waals surface area (Å²) in [4.78, 5) is 23.4. The van der Waals surface area contributed by atoms with E-state index in [0.29, 0.717) is 24.3 Å². The molecule has 1 amide bonds. The molecule has 1 unspecified atom stereocenters. The Bertz CT molecular complexity index is 825. The van der Waals surface area contributed by atoms with Gasteiger partial charge in [-0.05, 0) is 55.3 Å². The minimum absolute atomic E-state index is 0.00188. The molecular weight excluding hydrogens is 360 g/mol. The van der Waals surface area contributed by atoms with Gasteiger partial charge in [0, 0.05) is 6.54 Å². The topological polar surface area (TPSA) is 109 Å². The highest BCUT2D eigenvalue weighted by atomic mass is 16.5. The quantitative estimate of drug-likeness (QED) is 0.653. The molecule has 7 heteroatoms. The highest BCUT2D eigenvalue weighted by Crippen LogP contribution is 2.15. The van der Waals surface area contributed by atoms with Crippen LogP contribution < -0.4 is 14.8 Å². The molecular formula is C21H22N2O5. The molecule has 1 atom stereocenters. The van der Waals surface area contributed by atoms with Crippen molar-refractivity contribution in [3.8, 4) is 17.6 Å². The van der Waals surface area contributed by atoms with Crippen molar-refractivity contribution in [2.24, 2.45) is 5.92 Å². The van der Waals surface area contributed by atoms with Crippen molar-refractivity contribution < 1.29 is 24.2 Å². The van der Waals surface area contributed by atoms with E-state index in [1.165, 1.54) is 0 Å². The van der Waals surface area contributed by atoms with Crippen molar-refractivity contribution in [3.63, 3.8) is 0 Å². The number of carboxylic acids is 1. The number of nitriles is 1. The number of amides is 1. The van der Waals surface area contributed by atoms with Crippen LogP contribution in [0.4, 0.5) is 0 Å². The van der Waals surface area contributed by atoms with Crippen LogP contribution in [0, 0.1) is 17.2 Å². The summed E-state index contributed by atoms with van der Waals surface area (Å²) in [6.45, 7) is 2.22. The second kappa shape index (κ2) is 10.6. The van der Waals surface area contributed by atoms with Gasteiger partial charge in [-0.25, -0.2) is 0 Å². The van der Waals surface area contributed by atoms with Crippen molar-refractivity contribution in [2.45, 2.75) is 13.3 Å². The highest BCUT2D eigenvalue weighted by molar-refractivity contribution is 5.78. The number of hydrogen-bond acceptors (Lipinski definition) is 5. The molecule has 146 valence electrons. The summed E-state index contributed by atoms with van der Waals surface area (Å²) < 4.78 is 10.7. The zero-order valence-electron chi connectivity index (χ0n) is 15.6. The van der Waals surface area contributed by atoms with Crippen molar-refractivity contribution in [1.82, 2.24) is 5.32 Å². The number of ether oxygens (including phenoxy) is 2. The number of hydrogen-bond donors (Lipinski definition) is 2. The predicted molar refractivity (Wildman–Crippen MR) is 102 cm³/mol. The Hall–Kier alpha value is -3.53. The maximum atomic E-state index is 11.9. The van der Waals surface area contributed by atoms with Gasteiger partial charge in [-0.3, -0.25) is 9.59 Å². The lowest BCUT2D eigenvalue weighted by molar-refractivity contribution is -0.141. The Morgan fingerprint density at radius 2 is 1.68 bits per heavy atom. The Labute approximate surface area is 163 Å². The normalized spacial score (nSPS) is 11.1. The summed E-state index contributed by atoms with van der Waals surface area (Å²) in [6.07, 6.45) is 0.290. The third kappa shape index (κ3) is 6.65. The fourth-order valence-corrected chi connectivity index (χ4v) is 2.48. The lowest BCUT2D eigenvalue weighted by atomic mass is 9.99. The smallest absolute Gasteiger partial charge is 0.308 e. The van der Waals surface area contributed by atoms with Crippen molar-refractivity contribution in [2.75, 3.05) is 19.8 Å². The lowest BCUT2D eigenvalue weighted by Gasteiger charge is -2.14. The number of carbonyl (C=O) groups is 2. The van der Waals surface area contributed by atoms with Crippen LogP contribution >= 0.6 is 0 Å². The monoisotopic (exact) mass is 382 g/mol. The third-order valence-corrected chi connectivity index (χ3v) is 3.96. The van der Waals surface area contributed by atoms with Gasteiger partial charge in [-0.15, -0.1) is 0 Å². The molecule has 7 nitrogen and oxygen atoms in total. The summed E-state index contributed by atoms with van der Waals surface area (Å²) in [5.41, 5.74) is 1.34. The third-order valence-electron chi connectivity index (χ3n) is 3.96. The highest BCUT2D eigenvalue weighted by Gasteiger charge is 2.19. The van der Waals surface area contributed by atoms with E-state index in [4.69, 9.17) is 14.7 Å². The van der Waals surface area contributed by atoms with Gasteiger partial charge in [0.15, 0.2) is 6.61 Å². The maximum Gasteiger partial charge on any atom is 0.308 e. The Balaban J connectivity index is 1.82. The Kier molecular flexibility index (Phi) is 7.85. The van der Waals surface area contributed by atoms with Crippen molar-refractivity contribution in [1.29, 1.82) is 5.26 Å². The summed E-state index contributed by atoms with van der Waals surface area (Å²) >= 11 is 0. The van der Waals surface area contributed by atoms with E-state index in [1.54, 1.807) is 36.4 Å². The average Bonchev–Trinajstić information content (AvgIpc) is 2.71. The molecule has 2 rings (SSSR count). The first-order valence-electron chi connectivity index (χ1n) is 8.86. The van der Waals surface area contributed by atoms with E-state index in [0.717, 1.165) is 11.3 Å². The zero-order chi connectivity index (χ0) is 20.4. The Morgan fingerprint density at radius 3 is 2.25 bits per heavy atom. The second-order valence-corrected chi connectivity index (χ2v) is 6.05. The van der Waals surface area contributed by atoms with Crippen LogP contribution in [0.5, 0.6) is 11.5 Å². The zero-order valence-corrected chi connectivity index (χ0v) is 15.6. The van der Waals surface area contributed by atoms with Crippen molar-refractivity contribution >= 4 is 11.9 Å². The van der Waals surface area contributed by atoms with Gasteiger partial charge in [0.25, 0.3) is 5.91 Å². The van der Waals surface area contributed by atoms with Gasteiger partial charge in [0.2, 0.25) is 0 Å². The first-order chi connectivity index (χ1) is 13.5. The molecule has 0 saturated carbocycles. The van der Waals surface area contributed by atoms with Crippen LogP contribution in [0.15, 0.2) is 48.5 Å². The molecule has 0 heterocycles. The molecule has 0 aliphatic heterocycles. The van der Waals surface area contributed by atoms with Crippen LogP contribution in [0.25, 0.3) is 0 Å². The molecule has 0 bridgehead atoms. The molecule has 0 saturated heterocycles. The first kappa shape index (κ1) is 20.8. The predicted octanol–water partition coefficient (Wildman–Crippen LogP) is 2.40. The van der Waals surface area contributed by atoms with E-state index in [9.17, 15) is 14.7 Å². The summed E-state index contributed by atoms with van der Waals surface area (Å²) in [5, 5.41) is 20.7. The van der Waals surface area contributed by atoms with Crippen molar-refractivity contribution in [3.05, 3.63) is 59.7 Å². The minimum atomic E-state index is -0.984. The fourth-order valence-electron chi connectivity index (χ4n) is 2.48. The van der Waals surface area contributed by atoms with E-state index < -0.39 is 17.8 Å². The minimum Gasteiger partial charge on any atom is -0.494 e. The molecule has 0 aliphatic carbocycles. The number of rotatable bonds is 10. The molecule has 0 aromatic heterocycles. The molecule has 2 aromatic rings. The largest absolute Gasteiger partial charge is 0.494 e. The SMILES string of the molecule is CCOc1ccc(CC(CNC(=O)COc2ccc(C#N)cc2)C(=O)O)cc1. The number of carboxylic acid groups (broad SMARTS) is 1. The van der Waals surface area contributed by atoms with E-state index in [1.807, 2.05) is 25.1 Å². The molecule has 2 aromatic carbocycles. The molecule has 0 fully saturated rings. The molecule has 2 N–H and O–H groups in total. The van der Waals surface area contributed by atoms with Crippen LogP contribution in [-0.4, -0.2) is 36.7 Å².